The Balaban J connectivity index is 2.98. The molecule has 0 radical (unpaired) electrons. The van der Waals surface area contributed by atoms with Crippen LogP contribution >= 0.6 is 0 Å². The third kappa shape index (κ3) is 9.02. The number of carboxylic acids is 1. The molecular formula is C20H35N7O5. The zero-order valence-corrected chi connectivity index (χ0v) is 18.6. The van der Waals surface area contributed by atoms with E-state index in [1.165, 1.54) is 12.5 Å². The lowest BCUT2D eigenvalue weighted by Crippen LogP contribution is -2.57. The van der Waals surface area contributed by atoms with E-state index in [0.717, 1.165) is 0 Å². The predicted octanol–water partition coefficient (Wildman–Crippen LogP) is -1.37. The van der Waals surface area contributed by atoms with Crippen molar-refractivity contribution in [3.63, 3.8) is 0 Å². The maximum Gasteiger partial charge on any atom is 0.326 e. The van der Waals surface area contributed by atoms with Gasteiger partial charge < -0.3 is 37.5 Å². The molecule has 0 aliphatic carbocycles. The summed E-state index contributed by atoms with van der Waals surface area (Å²) in [5.41, 5.74) is 11.5. The first-order valence-corrected chi connectivity index (χ1v) is 10.7. The second-order valence-corrected chi connectivity index (χ2v) is 7.66. The fraction of sp³-hybridized carbons (Fsp3) is 0.650. The van der Waals surface area contributed by atoms with Crippen molar-refractivity contribution in [2.75, 3.05) is 13.1 Å². The van der Waals surface area contributed by atoms with Gasteiger partial charge in [0, 0.05) is 18.3 Å². The van der Waals surface area contributed by atoms with Crippen LogP contribution in [-0.2, 0) is 25.6 Å². The van der Waals surface area contributed by atoms with Gasteiger partial charge >= 0.3 is 5.97 Å². The molecule has 180 valence electrons. The van der Waals surface area contributed by atoms with E-state index in [2.05, 4.69) is 25.9 Å². The number of H-pyrrole nitrogens is 1. The fourth-order valence-electron chi connectivity index (χ4n) is 3.05. The normalized spacial score (nSPS) is 14.6. The van der Waals surface area contributed by atoms with Gasteiger partial charge in [-0.05, 0) is 31.7 Å². The Morgan fingerprint density at radius 2 is 1.78 bits per heavy atom. The molecule has 9 N–H and O–H groups in total. The molecule has 1 aromatic heterocycles. The summed E-state index contributed by atoms with van der Waals surface area (Å²) < 4.78 is 0. The van der Waals surface area contributed by atoms with Gasteiger partial charge in [-0.25, -0.2) is 9.78 Å². The number of aromatic amines is 1. The summed E-state index contributed by atoms with van der Waals surface area (Å²) in [5.74, 6) is -3.17. The minimum Gasteiger partial charge on any atom is -0.480 e. The van der Waals surface area contributed by atoms with Gasteiger partial charge in [0.15, 0.2) is 0 Å². The number of unbranched alkanes of at least 4 members (excludes halogenated alkanes) is 1. The van der Waals surface area contributed by atoms with E-state index in [9.17, 15) is 24.3 Å². The van der Waals surface area contributed by atoms with Crippen molar-refractivity contribution in [3.05, 3.63) is 18.2 Å². The third-order valence-electron chi connectivity index (χ3n) is 5.17. The topological polar surface area (TPSA) is 205 Å². The molecular weight excluding hydrogens is 418 g/mol. The molecule has 0 aromatic carbocycles. The highest BCUT2D eigenvalue weighted by Gasteiger charge is 2.31. The Morgan fingerprint density at radius 1 is 1.09 bits per heavy atom. The maximum atomic E-state index is 13.0. The van der Waals surface area contributed by atoms with E-state index in [4.69, 9.17) is 11.5 Å². The Hall–Kier alpha value is -2.99. The first-order valence-electron chi connectivity index (χ1n) is 10.7. The number of nitrogens with one attached hydrogen (secondary N) is 4. The summed E-state index contributed by atoms with van der Waals surface area (Å²) in [6.07, 6.45) is 5.08. The zero-order chi connectivity index (χ0) is 24.1. The van der Waals surface area contributed by atoms with Gasteiger partial charge in [-0.3, -0.25) is 14.4 Å². The molecule has 1 aromatic rings. The number of carbonyl (C=O) groups is 4. The van der Waals surface area contributed by atoms with Crippen molar-refractivity contribution in [1.29, 1.82) is 0 Å². The standard InChI is InChI=1S/C20H35N7O5/c1-3-12(2)17(20(31)32)27-18(29)14(6-4-5-7-21)26-19(30)15(25-16(28)9-22)8-13-10-23-11-24-13/h10-12,14-15,17H,3-9,21-22H2,1-2H3,(H,23,24)(H,25,28)(H,26,30)(H,27,29)(H,31,32). The molecule has 0 fully saturated rings. The largest absolute Gasteiger partial charge is 0.480 e. The van der Waals surface area contributed by atoms with Crippen molar-refractivity contribution in [3.8, 4) is 0 Å². The van der Waals surface area contributed by atoms with Crippen molar-refractivity contribution in [1.82, 2.24) is 25.9 Å². The number of nitrogens with two attached hydrogens (primary N) is 2. The summed E-state index contributed by atoms with van der Waals surface area (Å²) in [5, 5.41) is 17.2. The lowest BCUT2D eigenvalue weighted by Gasteiger charge is -2.26. The molecule has 12 heteroatoms. The van der Waals surface area contributed by atoms with Crippen LogP contribution in [0.5, 0.6) is 0 Å². The molecule has 0 aliphatic rings. The van der Waals surface area contributed by atoms with E-state index in [1.54, 1.807) is 6.92 Å². The minimum atomic E-state index is -1.15. The SMILES string of the molecule is CCC(C)C(NC(=O)C(CCCCN)NC(=O)C(Cc1cnc[nH]1)NC(=O)CN)C(=O)O. The minimum absolute atomic E-state index is 0.110. The second-order valence-electron chi connectivity index (χ2n) is 7.66. The molecule has 3 amide bonds. The van der Waals surface area contributed by atoms with Crippen LogP contribution in [0.15, 0.2) is 12.5 Å². The monoisotopic (exact) mass is 453 g/mol. The molecule has 0 bridgehead atoms. The number of hydrogen-bond acceptors (Lipinski definition) is 7. The molecule has 1 rings (SSSR count). The summed E-state index contributed by atoms with van der Waals surface area (Å²) in [4.78, 5) is 56.0. The lowest BCUT2D eigenvalue weighted by molar-refractivity contribution is -0.143. The van der Waals surface area contributed by atoms with E-state index >= 15 is 0 Å². The Labute approximate surface area is 187 Å². The average molecular weight is 454 g/mol. The maximum absolute atomic E-state index is 13.0. The first kappa shape index (κ1) is 27.0. The van der Waals surface area contributed by atoms with Crippen molar-refractivity contribution in [2.24, 2.45) is 17.4 Å². The van der Waals surface area contributed by atoms with E-state index in [1.807, 2.05) is 6.92 Å². The number of nitrogens with zero attached hydrogens (tertiary/aromatic N) is 1. The highest BCUT2D eigenvalue weighted by molar-refractivity contribution is 5.93. The Bertz CT molecular complexity index is 741. The van der Waals surface area contributed by atoms with Crippen LogP contribution in [0.2, 0.25) is 0 Å². The van der Waals surface area contributed by atoms with Crippen LogP contribution in [0.25, 0.3) is 0 Å². The number of carbonyl (C=O) groups excluding carboxylic acids is 3. The van der Waals surface area contributed by atoms with Gasteiger partial charge in [0.25, 0.3) is 0 Å². The summed E-state index contributed by atoms with van der Waals surface area (Å²) in [6, 6.07) is -3.07. The highest BCUT2D eigenvalue weighted by atomic mass is 16.4. The molecule has 0 spiro atoms. The summed E-state index contributed by atoms with van der Waals surface area (Å²) >= 11 is 0. The number of carboxylic acid groups (broad SMARTS) is 1. The number of imidazole rings is 1. The number of amides is 3. The number of aliphatic carboxylic acids is 1. The van der Waals surface area contributed by atoms with Gasteiger partial charge in [0.2, 0.25) is 17.7 Å². The molecule has 0 saturated heterocycles. The van der Waals surface area contributed by atoms with Gasteiger partial charge in [0.1, 0.15) is 18.1 Å². The zero-order valence-electron chi connectivity index (χ0n) is 18.6. The van der Waals surface area contributed by atoms with Crippen LogP contribution in [-0.4, -0.2) is 70.0 Å². The molecule has 1 heterocycles. The van der Waals surface area contributed by atoms with Gasteiger partial charge in [-0.2, -0.15) is 0 Å². The van der Waals surface area contributed by atoms with E-state index in [0.29, 0.717) is 31.5 Å². The van der Waals surface area contributed by atoms with Gasteiger partial charge in [-0.1, -0.05) is 20.3 Å². The fourth-order valence-corrected chi connectivity index (χ4v) is 3.05. The lowest BCUT2D eigenvalue weighted by atomic mass is 9.98. The third-order valence-corrected chi connectivity index (χ3v) is 5.17. The van der Waals surface area contributed by atoms with Crippen LogP contribution in [0.1, 0.15) is 45.2 Å². The summed E-state index contributed by atoms with van der Waals surface area (Å²) in [7, 11) is 0. The van der Waals surface area contributed by atoms with Crippen LogP contribution in [0.4, 0.5) is 0 Å². The van der Waals surface area contributed by atoms with Crippen LogP contribution in [0.3, 0.4) is 0 Å². The van der Waals surface area contributed by atoms with Crippen LogP contribution in [0, 0.1) is 5.92 Å². The molecule has 0 saturated carbocycles. The predicted molar refractivity (Wildman–Crippen MR) is 117 cm³/mol. The van der Waals surface area contributed by atoms with Crippen molar-refractivity contribution in [2.45, 2.75) is 64.1 Å². The van der Waals surface area contributed by atoms with Crippen molar-refractivity contribution >= 4 is 23.7 Å². The van der Waals surface area contributed by atoms with E-state index in [-0.39, 0.29) is 25.3 Å². The number of hydrogen-bond donors (Lipinski definition) is 7. The smallest absolute Gasteiger partial charge is 0.326 e. The van der Waals surface area contributed by atoms with E-state index < -0.39 is 41.8 Å². The number of aromatic nitrogens is 2. The second kappa shape index (κ2) is 14.1. The Kier molecular flexibility index (Phi) is 12.0. The van der Waals surface area contributed by atoms with Crippen LogP contribution < -0.4 is 27.4 Å². The molecule has 12 nitrogen and oxygen atoms in total. The first-order chi connectivity index (χ1) is 15.2. The van der Waals surface area contributed by atoms with Gasteiger partial charge in [-0.15, -0.1) is 0 Å². The quantitative estimate of drug-likeness (QED) is 0.157. The molecule has 4 unspecified atom stereocenters. The number of rotatable bonds is 15. The molecule has 32 heavy (non-hydrogen) atoms. The highest BCUT2D eigenvalue weighted by Crippen LogP contribution is 2.10. The Morgan fingerprint density at radius 3 is 2.31 bits per heavy atom. The average Bonchev–Trinajstić information content (AvgIpc) is 3.28. The van der Waals surface area contributed by atoms with Gasteiger partial charge in [0.05, 0.1) is 12.9 Å². The van der Waals surface area contributed by atoms with Crippen molar-refractivity contribution < 1.29 is 24.3 Å². The molecule has 4 atom stereocenters. The molecule has 0 aliphatic heterocycles. The summed E-state index contributed by atoms with van der Waals surface area (Å²) in [6.45, 7) is 3.67.